The van der Waals surface area contributed by atoms with Gasteiger partial charge in [-0.05, 0) is 24.5 Å². The van der Waals surface area contributed by atoms with Crippen LogP contribution in [-0.2, 0) is 15.5 Å². The summed E-state index contributed by atoms with van der Waals surface area (Å²) in [5.41, 5.74) is 1.60. The Kier molecular flexibility index (Phi) is 4.64. The molecule has 100 valence electrons. The van der Waals surface area contributed by atoms with E-state index in [9.17, 15) is 8.42 Å². The van der Waals surface area contributed by atoms with Crippen LogP contribution in [0.5, 0.6) is 0 Å². The van der Waals surface area contributed by atoms with Crippen molar-refractivity contribution in [2.24, 2.45) is 0 Å². The van der Waals surface area contributed by atoms with Gasteiger partial charge in [0.1, 0.15) is 0 Å². The third-order valence-corrected chi connectivity index (χ3v) is 5.18. The summed E-state index contributed by atoms with van der Waals surface area (Å²) in [5.74, 6) is 0. The molecule has 1 aromatic carbocycles. The average Bonchev–Trinajstić information content (AvgIpc) is 2.40. The number of para-hydroxylation sites is 1. The van der Waals surface area contributed by atoms with Crippen molar-refractivity contribution in [3.63, 3.8) is 0 Å². The highest BCUT2D eigenvalue weighted by Crippen LogP contribution is 2.21. The van der Waals surface area contributed by atoms with Crippen molar-refractivity contribution < 1.29 is 8.42 Å². The quantitative estimate of drug-likeness (QED) is 0.862. The molecule has 0 aliphatic carbocycles. The lowest BCUT2D eigenvalue weighted by Gasteiger charge is -2.26. The van der Waals surface area contributed by atoms with Gasteiger partial charge in [0.05, 0.1) is 5.69 Å². The smallest absolute Gasteiger partial charge is 0.271 e. The van der Waals surface area contributed by atoms with Gasteiger partial charge in [0.25, 0.3) is 0 Å². The van der Waals surface area contributed by atoms with Crippen LogP contribution in [0, 0.1) is 0 Å². The second-order valence-corrected chi connectivity index (χ2v) is 6.59. The first kappa shape index (κ1) is 13.8. The van der Waals surface area contributed by atoms with E-state index in [1.807, 2.05) is 18.2 Å². The molecule has 0 spiro atoms. The standard InChI is InChI=1S/C12H17BrN2O2S/c13-10-11-6-2-3-7-12(11)14-18(16,17)15-8-4-1-5-9-15/h2-3,6-7,14H,1,4-5,8-10H2. The van der Waals surface area contributed by atoms with Crippen molar-refractivity contribution in [1.29, 1.82) is 0 Å². The Hall–Kier alpha value is -0.590. The van der Waals surface area contributed by atoms with Crippen LogP contribution in [0.4, 0.5) is 5.69 Å². The fourth-order valence-corrected chi connectivity index (χ4v) is 3.88. The Morgan fingerprint density at radius 3 is 2.50 bits per heavy atom. The normalized spacial score (nSPS) is 17.6. The van der Waals surface area contributed by atoms with E-state index in [-0.39, 0.29) is 0 Å². The van der Waals surface area contributed by atoms with Crippen LogP contribution >= 0.6 is 15.9 Å². The van der Waals surface area contributed by atoms with Gasteiger partial charge < -0.3 is 0 Å². The van der Waals surface area contributed by atoms with E-state index in [4.69, 9.17) is 0 Å². The number of halogens is 1. The van der Waals surface area contributed by atoms with Gasteiger partial charge in [0, 0.05) is 18.4 Å². The van der Waals surface area contributed by atoms with Crippen molar-refractivity contribution in [1.82, 2.24) is 4.31 Å². The minimum Gasteiger partial charge on any atom is -0.271 e. The summed E-state index contributed by atoms with van der Waals surface area (Å²) in [6, 6.07) is 7.43. The molecular formula is C12H17BrN2O2S. The highest BCUT2D eigenvalue weighted by Gasteiger charge is 2.24. The molecule has 1 fully saturated rings. The molecule has 1 saturated heterocycles. The molecule has 6 heteroatoms. The van der Waals surface area contributed by atoms with Crippen LogP contribution in [0.2, 0.25) is 0 Å². The fourth-order valence-electron chi connectivity index (χ4n) is 2.05. The molecule has 1 aliphatic rings. The van der Waals surface area contributed by atoms with Crippen LogP contribution in [0.3, 0.4) is 0 Å². The average molecular weight is 333 g/mol. The molecule has 1 aromatic rings. The van der Waals surface area contributed by atoms with E-state index in [0.717, 1.165) is 24.8 Å². The number of hydrogen-bond donors (Lipinski definition) is 1. The van der Waals surface area contributed by atoms with Crippen LogP contribution in [0.25, 0.3) is 0 Å². The highest BCUT2D eigenvalue weighted by atomic mass is 79.9. The molecule has 0 unspecified atom stereocenters. The second-order valence-electron chi connectivity index (χ2n) is 4.36. The largest absolute Gasteiger partial charge is 0.301 e. The summed E-state index contributed by atoms with van der Waals surface area (Å²) in [4.78, 5) is 0. The molecule has 0 atom stereocenters. The van der Waals surface area contributed by atoms with Crippen LogP contribution < -0.4 is 4.72 Å². The van der Waals surface area contributed by atoms with Gasteiger partial charge in [0.2, 0.25) is 0 Å². The first-order valence-electron chi connectivity index (χ1n) is 6.05. The summed E-state index contributed by atoms with van der Waals surface area (Å²) < 4.78 is 28.7. The van der Waals surface area contributed by atoms with E-state index in [1.54, 1.807) is 6.07 Å². The SMILES string of the molecule is O=S(=O)(Nc1ccccc1CBr)N1CCCCC1. The minimum atomic E-state index is -3.41. The third-order valence-electron chi connectivity index (χ3n) is 3.06. The number of rotatable bonds is 4. The summed E-state index contributed by atoms with van der Waals surface area (Å²) in [7, 11) is -3.41. The predicted octanol–water partition coefficient (Wildman–Crippen LogP) is 2.72. The first-order chi connectivity index (χ1) is 8.63. The predicted molar refractivity (Wildman–Crippen MR) is 77.0 cm³/mol. The molecular weight excluding hydrogens is 316 g/mol. The summed E-state index contributed by atoms with van der Waals surface area (Å²) >= 11 is 3.36. The molecule has 1 aliphatic heterocycles. The van der Waals surface area contributed by atoms with Gasteiger partial charge in [-0.3, -0.25) is 4.72 Å². The number of anilines is 1. The molecule has 0 bridgehead atoms. The van der Waals surface area contributed by atoms with Crippen molar-refractivity contribution in [2.75, 3.05) is 17.8 Å². The third kappa shape index (κ3) is 3.24. The maximum absolute atomic E-state index is 12.2. The maximum Gasteiger partial charge on any atom is 0.301 e. The lowest BCUT2D eigenvalue weighted by atomic mass is 10.2. The molecule has 0 aromatic heterocycles. The number of nitrogens with one attached hydrogen (secondary N) is 1. The van der Waals surface area contributed by atoms with Crippen LogP contribution in [0.1, 0.15) is 24.8 Å². The molecule has 1 heterocycles. The van der Waals surface area contributed by atoms with Gasteiger partial charge in [-0.25, -0.2) is 0 Å². The van der Waals surface area contributed by atoms with E-state index in [0.29, 0.717) is 24.1 Å². The zero-order valence-electron chi connectivity index (χ0n) is 10.1. The van der Waals surface area contributed by atoms with Crippen molar-refractivity contribution in [3.05, 3.63) is 29.8 Å². The number of hydrogen-bond acceptors (Lipinski definition) is 2. The van der Waals surface area contributed by atoms with Crippen LogP contribution in [0.15, 0.2) is 24.3 Å². The minimum absolute atomic E-state index is 0.617. The van der Waals surface area contributed by atoms with E-state index in [2.05, 4.69) is 20.7 Å². The molecule has 0 amide bonds. The van der Waals surface area contributed by atoms with Crippen molar-refractivity contribution >= 4 is 31.8 Å². The maximum atomic E-state index is 12.2. The fraction of sp³-hybridized carbons (Fsp3) is 0.500. The van der Waals surface area contributed by atoms with Gasteiger partial charge in [-0.2, -0.15) is 12.7 Å². The zero-order valence-corrected chi connectivity index (χ0v) is 12.5. The number of nitrogens with zero attached hydrogens (tertiary/aromatic N) is 1. The lowest BCUT2D eigenvalue weighted by Crippen LogP contribution is -2.39. The Labute approximate surface area is 117 Å². The second kappa shape index (κ2) is 6.04. The summed E-state index contributed by atoms with van der Waals surface area (Å²) in [6.07, 6.45) is 3.01. The Bertz CT molecular complexity index is 499. The monoisotopic (exact) mass is 332 g/mol. The molecule has 1 N–H and O–H groups in total. The summed E-state index contributed by atoms with van der Waals surface area (Å²) in [5, 5.41) is 0.631. The summed E-state index contributed by atoms with van der Waals surface area (Å²) in [6.45, 7) is 1.23. The van der Waals surface area contributed by atoms with Gasteiger partial charge in [0.15, 0.2) is 0 Å². The topological polar surface area (TPSA) is 49.4 Å². The van der Waals surface area contributed by atoms with Gasteiger partial charge >= 0.3 is 10.2 Å². The molecule has 0 radical (unpaired) electrons. The first-order valence-corrected chi connectivity index (χ1v) is 8.61. The van der Waals surface area contributed by atoms with E-state index in [1.165, 1.54) is 4.31 Å². The lowest BCUT2D eigenvalue weighted by molar-refractivity contribution is 0.349. The molecule has 18 heavy (non-hydrogen) atoms. The van der Waals surface area contributed by atoms with Crippen molar-refractivity contribution in [3.8, 4) is 0 Å². The molecule has 0 saturated carbocycles. The molecule has 2 rings (SSSR count). The Morgan fingerprint density at radius 1 is 1.17 bits per heavy atom. The number of piperidine rings is 1. The van der Waals surface area contributed by atoms with Crippen LogP contribution in [-0.4, -0.2) is 25.8 Å². The van der Waals surface area contributed by atoms with Crippen molar-refractivity contribution in [2.45, 2.75) is 24.6 Å². The van der Waals surface area contributed by atoms with E-state index >= 15 is 0 Å². The number of benzene rings is 1. The van der Waals surface area contributed by atoms with Gasteiger partial charge in [-0.15, -0.1) is 0 Å². The van der Waals surface area contributed by atoms with Gasteiger partial charge in [-0.1, -0.05) is 40.5 Å². The Balaban J connectivity index is 2.16. The Morgan fingerprint density at radius 2 is 1.83 bits per heavy atom. The molecule has 4 nitrogen and oxygen atoms in total. The zero-order chi connectivity index (χ0) is 13.0. The van der Waals surface area contributed by atoms with E-state index < -0.39 is 10.2 Å². The number of alkyl halides is 1. The highest BCUT2D eigenvalue weighted by molar-refractivity contribution is 9.08.